The Morgan fingerprint density at radius 1 is 0.857 bits per heavy atom. The number of carbonyl (C=O) groups excluding carboxylic acids is 1. The van der Waals surface area contributed by atoms with Crippen LogP contribution >= 0.6 is 11.3 Å². The topological polar surface area (TPSA) is 60.9 Å². The molecule has 1 heterocycles. The number of benzene rings is 4. The fourth-order valence-corrected chi connectivity index (χ4v) is 4.99. The van der Waals surface area contributed by atoms with Gasteiger partial charge in [0.2, 0.25) is 0 Å². The fourth-order valence-electron chi connectivity index (χ4n) is 3.90. The van der Waals surface area contributed by atoms with Crippen LogP contribution in [0.1, 0.15) is 5.56 Å². The average molecular weight is 485 g/mol. The van der Waals surface area contributed by atoms with Crippen molar-refractivity contribution in [2.24, 2.45) is 0 Å². The summed E-state index contributed by atoms with van der Waals surface area (Å²) in [7, 11) is 3.22. The van der Waals surface area contributed by atoms with E-state index in [1.54, 1.807) is 19.1 Å². The number of amides is 1. The highest BCUT2D eigenvalue weighted by atomic mass is 32.1. The second-order valence-corrected chi connectivity index (χ2v) is 8.88. The molecule has 7 heteroatoms. The van der Waals surface area contributed by atoms with Gasteiger partial charge < -0.3 is 14.2 Å². The highest BCUT2D eigenvalue weighted by molar-refractivity contribution is 7.22. The van der Waals surface area contributed by atoms with Crippen molar-refractivity contribution in [3.05, 3.63) is 90.5 Å². The maximum atomic E-state index is 13.5. The minimum atomic E-state index is -0.195. The van der Waals surface area contributed by atoms with E-state index in [2.05, 4.69) is 0 Å². The zero-order chi connectivity index (χ0) is 24.2. The quantitative estimate of drug-likeness (QED) is 0.267. The molecule has 176 valence electrons. The number of fused-ring (bicyclic) bond motifs is 2. The van der Waals surface area contributed by atoms with Crippen LogP contribution in [-0.2, 0) is 11.3 Å². The number of methoxy groups -OCH3 is 2. The van der Waals surface area contributed by atoms with Gasteiger partial charge >= 0.3 is 0 Å². The molecule has 1 amide bonds. The van der Waals surface area contributed by atoms with Crippen molar-refractivity contribution < 1.29 is 19.0 Å². The number of carbonyl (C=O) groups is 1. The van der Waals surface area contributed by atoms with Gasteiger partial charge in [-0.15, -0.1) is 0 Å². The molecule has 0 saturated heterocycles. The standard InChI is InChI=1S/C28H24N2O4S/c1-32-23-14-15-24(33-2)27-26(23)29-28(35-27)30(17-19-8-4-3-5-9-19)25(31)18-34-22-13-12-20-10-6-7-11-21(20)16-22/h3-16H,17-18H2,1-2H3. The van der Waals surface area contributed by atoms with E-state index in [0.29, 0.717) is 34.4 Å². The van der Waals surface area contributed by atoms with E-state index in [1.165, 1.54) is 11.3 Å². The molecule has 0 fully saturated rings. The molecule has 0 saturated carbocycles. The van der Waals surface area contributed by atoms with E-state index >= 15 is 0 Å². The summed E-state index contributed by atoms with van der Waals surface area (Å²) in [6.07, 6.45) is 0. The van der Waals surface area contributed by atoms with Gasteiger partial charge in [-0.3, -0.25) is 9.69 Å². The molecule has 0 N–H and O–H groups in total. The van der Waals surface area contributed by atoms with Crippen LogP contribution < -0.4 is 19.1 Å². The van der Waals surface area contributed by atoms with Crippen molar-refractivity contribution in [2.45, 2.75) is 6.54 Å². The lowest BCUT2D eigenvalue weighted by atomic mass is 10.1. The van der Waals surface area contributed by atoms with Crippen molar-refractivity contribution in [1.29, 1.82) is 0 Å². The minimum absolute atomic E-state index is 0.116. The van der Waals surface area contributed by atoms with Gasteiger partial charge in [0.25, 0.3) is 5.91 Å². The molecule has 0 aliphatic carbocycles. The van der Waals surface area contributed by atoms with Crippen molar-refractivity contribution in [3.63, 3.8) is 0 Å². The molecule has 0 unspecified atom stereocenters. The van der Waals surface area contributed by atoms with Gasteiger partial charge in [0.05, 0.1) is 20.8 Å². The predicted molar refractivity (Wildman–Crippen MR) is 140 cm³/mol. The van der Waals surface area contributed by atoms with Crippen LogP contribution in [0, 0.1) is 0 Å². The number of aromatic nitrogens is 1. The number of anilines is 1. The van der Waals surface area contributed by atoms with Gasteiger partial charge in [0, 0.05) is 0 Å². The van der Waals surface area contributed by atoms with Crippen LogP contribution in [-0.4, -0.2) is 31.7 Å². The number of nitrogens with zero attached hydrogens (tertiary/aromatic N) is 2. The monoisotopic (exact) mass is 484 g/mol. The second-order valence-electron chi connectivity index (χ2n) is 7.91. The Bertz CT molecular complexity index is 1440. The molecule has 0 spiro atoms. The summed E-state index contributed by atoms with van der Waals surface area (Å²) >= 11 is 1.39. The molecule has 0 aliphatic heterocycles. The third kappa shape index (κ3) is 4.76. The van der Waals surface area contributed by atoms with Gasteiger partial charge in [-0.25, -0.2) is 4.98 Å². The predicted octanol–water partition coefficient (Wildman–Crippen LogP) is 6.08. The molecule has 1 aromatic heterocycles. The molecule has 5 rings (SSSR count). The molecule has 0 bridgehead atoms. The SMILES string of the molecule is COc1ccc(OC)c2sc(N(Cc3ccccc3)C(=O)COc3ccc4ccccc4c3)nc12. The third-order valence-corrected chi connectivity index (χ3v) is 6.79. The summed E-state index contributed by atoms with van der Waals surface area (Å²) in [4.78, 5) is 19.9. The molecule has 6 nitrogen and oxygen atoms in total. The zero-order valence-corrected chi connectivity index (χ0v) is 20.2. The lowest BCUT2D eigenvalue weighted by Gasteiger charge is -2.20. The lowest BCUT2D eigenvalue weighted by molar-refractivity contribution is -0.120. The van der Waals surface area contributed by atoms with Crippen molar-refractivity contribution >= 4 is 43.4 Å². The van der Waals surface area contributed by atoms with Crippen LogP contribution in [0.3, 0.4) is 0 Å². The first-order valence-electron chi connectivity index (χ1n) is 11.1. The molecule has 0 radical (unpaired) electrons. The van der Waals surface area contributed by atoms with Crippen LogP contribution in [0.25, 0.3) is 21.0 Å². The van der Waals surface area contributed by atoms with Crippen molar-refractivity contribution in [2.75, 3.05) is 25.7 Å². The lowest BCUT2D eigenvalue weighted by Crippen LogP contribution is -2.34. The average Bonchev–Trinajstić information content (AvgIpc) is 3.35. The maximum absolute atomic E-state index is 13.5. The van der Waals surface area contributed by atoms with Gasteiger partial charge in [-0.1, -0.05) is 72.0 Å². The van der Waals surface area contributed by atoms with Gasteiger partial charge in [-0.05, 0) is 40.6 Å². The van der Waals surface area contributed by atoms with Crippen LogP contribution in [0.4, 0.5) is 5.13 Å². The zero-order valence-electron chi connectivity index (χ0n) is 19.4. The van der Waals surface area contributed by atoms with Gasteiger partial charge in [-0.2, -0.15) is 0 Å². The Labute approximate surface area is 207 Å². The molecular formula is C28H24N2O4S. The number of hydrogen-bond donors (Lipinski definition) is 0. The van der Waals surface area contributed by atoms with Crippen LogP contribution in [0.15, 0.2) is 84.9 Å². The Kier molecular flexibility index (Phi) is 6.50. The molecule has 0 aliphatic rings. The fraction of sp³-hybridized carbons (Fsp3) is 0.143. The van der Waals surface area contributed by atoms with Crippen molar-refractivity contribution in [1.82, 2.24) is 4.98 Å². The number of rotatable bonds is 8. The summed E-state index contributed by atoms with van der Waals surface area (Å²) in [5.41, 5.74) is 1.65. The number of thiazole rings is 1. The normalized spacial score (nSPS) is 10.9. The van der Waals surface area contributed by atoms with E-state index in [1.807, 2.05) is 84.9 Å². The second kappa shape index (κ2) is 10.0. The number of hydrogen-bond acceptors (Lipinski definition) is 6. The molecule has 5 aromatic rings. The summed E-state index contributed by atoms with van der Waals surface area (Å²) in [6, 6.07) is 27.3. The smallest absolute Gasteiger partial charge is 0.267 e. The highest BCUT2D eigenvalue weighted by Crippen LogP contribution is 2.40. The Morgan fingerprint density at radius 3 is 2.34 bits per heavy atom. The third-order valence-electron chi connectivity index (χ3n) is 5.70. The summed E-state index contributed by atoms with van der Waals surface area (Å²) in [5.74, 6) is 1.76. The summed E-state index contributed by atoms with van der Waals surface area (Å²) < 4.78 is 17.8. The highest BCUT2D eigenvalue weighted by Gasteiger charge is 2.23. The van der Waals surface area contributed by atoms with E-state index in [4.69, 9.17) is 19.2 Å². The first-order chi connectivity index (χ1) is 17.2. The van der Waals surface area contributed by atoms with Crippen LogP contribution in [0.5, 0.6) is 17.2 Å². The summed E-state index contributed by atoms with van der Waals surface area (Å²) in [6.45, 7) is 0.251. The molecule has 0 atom stereocenters. The van der Waals surface area contributed by atoms with E-state index < -0.39 is 0 Å². The van der Waals surface area contributed by atoms with E-state index in [-0.39, 0.29) is 12.5 Å². The number of ether oxygens (including phenoxy) is 3. The Morgan fingerprint density at radius 2 is 1.57 bits per heavy atom. The Hall–Kier alpha value is -4.10. The first-order valence-corrected chi connectivity index (χ1v) is 12.0. The maximum Gasteiger partial charge on any atom is 0.267 e. The van der Waals surface area contributed by atoms with Gasteiger partial charge in [0.15, 0.2) is 11.7 Å². The largest absolute Gasteiger partial charge is 0.495 e. The van der Waals surface area contributed by atoms with Crippen LogP contribution in [0.2, 0.25) is 0 Å². The Balaban J connectivity index is 1.46. The minimum Gasteiger partial charge on any atom is -0.495 e. The molecule has 4 aromatic carbocycles. The molecule has 35 heavy (non-hydrogen) atoms. The first kappa shape index (κ1) is 22.7. The summed E-state index contributed by atoms with van der Waals surface area (Å²) in [5, 5.41) is 2.73. The van der Waals surface area contributed by atoms with Gasteiger partial charge in [0.1, 0.15) is 27.5 Å². The molecular weight excluding hydrogens is 460 g/mol. The van der Waals surface area contributed by atoms with Crippen molar-refractivity contribution in [3.8, 4) is 17.2 Å². The van der Waals surface area contributed by atoms with E-state index in [0.717, 1.165) is 21.0 Å². The van der Waals surface area contributed by atoms with E-state index in [9.17, 15) is 4.79 Å².